The number of benzene rings is 1. The van der Waals surface area contributed by atoms with Crippen LogP contribution in [0.2, 0.25) is 0 Å². The monoisotopic (exact) mass is 299 g/mol. The Labute approximate surface area is 115 Å². The number of nitrogens with one attached hydrogen (secondary N) is 1. The Balaban J connectivity index is 2.21. The predicted molar refractivity (Wildman–Crippen MR) is 69.6 cm³/mol. The van der Waals surface area contributed by atoms with Gasteiger partial charge in [0.25, 0.3) is 0 Å². The highest BCUT2D eigenvalue weighted by atomic mass is 32.2. The van der Waals surface area contributed by atoms with Crippen LogP contribution < -0.4 is 10.5 Å². The summed E-state index contributed by atoms with van der Waals surface area (Å²) in [4.78, 5) is -0.430. The minimum absolute atomic E-state index is 0.0774. The standard InChI is InChI=1S/C12H14FN3O3S/c1-8-4-10(16-19-8)7-15-20(17,18)12-5-9(6-14)2-3-11(12)13/h2-5,15H,6-7,14H2,1H3. The number of halogens is 1. The van der Waals surface area contributed by atoms with Crippen molar-refractivity contribution in [1.82, 2.24) is 9.88 Å². The molecule has 0 saturated heterocycles. The molecule has 0 aliphatic rings. The van der Waals surface area contributed by atoms with Gasteiger partial charge in [0.2, 0.25) is 10.0 Å². The minimum Gasteiger partial charge on any atom is -0.361 e. The van der Waals surface area contributed by atoms with Gasteiger partial charge in [0.1, 0.15) is 16.5 Å². The average Bonchev–Trinajstić information content (AvgIpc) is 2.83. The van der Waals surface area contributed by atoms with Crippen molar-refractivity contribution in [2.75, 3.05) is 0 Å². The first-order valence-corrected chi connectivity index (χ1v) is 7.31. The van der Waals surface area contributed by atoms with E-state index in [9.17, 15) is 12.8 Å². The molecule has 108 valence electrons. The number of hydrogen-bond acceptors (Lipinski definition) is 5. The van der Waals surface area contributed by atoms with E-state index in [1.807, 2.05) is 0 Å². The number of aromatic nitrogens is 1. The molecule has 0 atom stereocenters. The maximum atomic E-state index is 13.6. The molecule has 1 aromatic heterocycles. The van der Waals surface area contributed by atoms with Gasteiger partial charge in [-0.3, -0.25) is 0 Å². The first-order valence-electron chi connectivity index (χ1n) is 5.83. The van der Waals surface area contributed by atoms with Crippen LogP contribution in [0.1, 0.15) is 17.0 Å². The number of sulfonamides is 1. The molecule has 0 saturated carbocycles. The van der Waals surface area contributed by atoms with E-state index in [0.717, 1.165) is 6.07 Å². The van der Waals surface area contributed by atoms with Crippen molar-refractivity contribution >= 4 is 10.0 Å². The molecule has 0 amide bonds. The molecular formula is C12H14FN3O3S. The lowest BCUT2D eigenvalue weighted by atomic mass is 10.2. The van der Waals surface area contributed by atoms with E-state index in [-0.39, 0.29) is 13.1 Å². The molecule has 0 fully saturated rings. The van der Waals surface area contributed by atoms with Gasteiger partial charge in [-0.05, 0) is 24.6 Å². The Morgan fingerprint density at radius 1 is 1.40 bits per heavy atom. The number of aryl methyl sites for hydroxylation is 1. The lowest BCUT2D eigenvalue weighted by molar-refractivity contribution is 0.390. The molecule has 1 aromatic carbocycles. The van der Waals surface area contributed by atoms with E-state index < -0.39 is 20.7 Å². The van der Waals surface area contributed by atoms with Crippen molar-refractivity contribution in [3.8, 4) is 0 Å². The normalized spacial score (nSPS) is 11.8. The van der Waals surface area contributed by atoms with Crippen LogP contribution in [0.15, 0.2) is 33.7 Å². The van der Waals surface area contributed by atoms with Crippen molar-refractivity contribution in [1.29, 1.82) is 0 Å². The maximum Gasteiger partial charge on any atom is 0.243 e. The maximum absolute atomic E-state index is 13.6. The lowest BCUT2D eigenvalue weighted by Crippen LogP contribution is -2.24. The van der Waals surface area contributed by atoms with E-state index in [4.69, 9.17) is 10.3 Å². The van der Waals surface area contributed by atoms with Crippen LogP contribution in [0, 0.1) is 12.7 Å². The Morgan fingerprint density at radius 2 is 2.15 bits per heavy atom. The minimum atomic E-state index is -3.97. The van der Waals surface area contributed by atoms with Crippen LogP contribution in [0.4, 0.5) is 4.39 Å². The second kappa shape index (κ2) is 5.70. The zero-order valence-electron chi connectivity index (χ0n) is 10.8. The summed E-state index contributed by atoms with van der Waals surface area (Å²) in [5.41, 5.74) is 6.37. The third-order valence-corrected chi connectivity index (χ3v) is 4.06. The molecule has 2 aromatic rings. The van der Waals surface area contributed by atoms with E-state index in [1.54, 1.807) is 13.0 Å². The molecule has 1 heterocycles. The summed E-state index contributed by atoms with van der Waals surface area (Å²) in [6.45, 7) is 1.74. The zero-order valence-corrected chi connectivity index (χ0v) is 11.6. The van der Waals surface area contributed by atoms with Crippen molar-refractivity contribution < 1.29 is 17.3 Å². The third-order valence-electron chi connectivity index (χ3n) is 2.64. The van der Waals surface area contributed by atoms with Gasteiger partial charge in [-0.2, -0.15) is 0 Å². The van der Waals surface area contributed by atoms with E-state index in [0.29, 0.717) is 17.0 Å². The molecule has 6 nitrogen and oxygen atoms in total. The van der Waals surface area contributed by atoms with Gasteiger partial charge < -0.3 is 10.3 Å². The zero-order chi connectivity index (χ0) is 14.8. The summed E-state index contributed by atoms with van der Waals surface area (Å²) in [6, 6.07) is 5.33. The molecule has 0 unspecified atom stereocenters. The van der Waals surface area contributed by atoms with Gasteiger partial charge in [0.05, 0.1) is 12.2 Å². The molecule has 0 aliphatic carbocycles. The molecule has 0 radical (unpaired) electrons. The fraction of sp³-hybridized carbons (Fsp3) is 0.250. The fourth-order valence-corrected chi connectivity index (χ4v) is 2.75. The summed E-state index contributed by atoms with van der Waals surface area (Å²) >= 11 is 0. The van der Waals surface area contributed by atoms with E-state index >= 15 is 0 Å². The molecule has 8 heteroatoms. The third kappa shape index (κ3) is 3.21. The van der Waals surface area contributed by atoms with Crippen LogP contribution in [0.5, 0.6) is 0 Å². The van der Waals surface area contributed by atoms with Crippen LogP contribution in [0.3, 0.4) is 0 Å². The number of nitrogens with two attached hydrogens (primary N) is 1. The van der Waals surface area contributed by atoms with Gasteiger partial charge in [-0.25, -0.2) is 17.5 Å². The highest BCUT2D eigenvalue weighted by Gasteiger charge is 2.19. The topological polar surface area (TPSA) is 98.2 Å². The number of hydrogen-bond donors (Lipinski definition) is 2. The second-order valence-electron chi connectivity index (χ2n) is 4.22. The molecule has 0 spiro atoms. The van der Waals surface area contributed by atoms with Crippen LogP contribution in [-0.4, -0.2) is 13.6 Å². The van der Waals surface area contributed by atoms with E-state index in [2.05, 4.69) is 9.88 Å². The molecule has 0 bridgehead atoms. The number of rotatable bonds is 5. The summed E-state index contributed by atoms with van der Waals surface area (Å²) in [7, 11) is -3.97. The van der Waals surface area contributed by atoms with Crippen LogP contribution in [0.25, 0.3) is 0 Å². The van der Waals surface area contributed by atoms with Gasteiger partial charge in [0, 0.05) is 12.6 Å². The van der Waals surface area contributed by atoms with Crippen molar-refractivity contribution in [3.05, 3.63) is 47.1 Å². The Kier molecular flexibility index (Phi) is 4.17. The van der Waals surface area contributed by atoms with Crippen LogP contribution in [-0.2, 0) is 23.1 Å². The van der Waals surface area contributed by atoms with Gasteiger partial charge in [0.15, 0.2) is 0 Å². The second-order valence-corrected chi connectivity index (χ2v) is 5.96. The average molecular weight is 299 g/mol. The predicted octanol–water partition coefficient (Wildman–Crippen LogP) is 1.06. The largest absolute Gasteiger partial charge is 0.361 e. The highest BCUT2D eigenvalue weighted by molar-refractivity contribution is 7.89. The quantitative estimate of drug-likeness (QED) is 0.860. The first kappa shape index (κ1) is 14.6. The van der Waals surface area contributed by atoms with Gasteiger partial charge >= 0.3 is 0 Å². The van der Waals surface area contributed by atoms with Crippen molar-refractivity contribution in [3.63, 3.8) is 0 Å². The van der Waals surface area contributed by atoms with E-state index in [1.165, 1.54) is 12.1 Å². The SMILES string of the molecule is Cc1cc(CNS(=O)(=O)c2cc(CN)ccc2F)no1. The summed E-state index contributed by atoms with van der Waals surface area (Å²) in [5.74, 6) is -0.262. The molecule has 3 N–H and O–H groups in total. The first-order chi connectivity index (χ1) is 9.42. The molecule has 2 rings (SSSR count). The molecule has 0 aliphatic heterocycles. The van der Waals surface area contributed by atoms with Gasteiger partial charge in [-0.15, -0.1) is 0 Å². The highest BCUT2D eigenvalue weighted by Crippen LogP contribution is 2.16. The van der Waals surface area contributed by atoms with Crippen LogP contribution >= 0.6 is 0 Å². The Hall–Kier alpha value is -1.77. The molecule has 20 heavy (non-hydrogen) atoms. The van der Waals surface area contributed by atoms with Gasteiger partial charge in [-0.1, -0.05) is 11.2 Å². The summed E-state index contributed by atoms with van der Waals surface area (Å²) in [6.07, 6.45) is 0. The van der Waals surface area contributed by atoms with Crippen molar-refractivity contribution in [2.45, 2.75) is 24.9 Å². The smallest absolute Gasteiger partial charge is 0.243 e. The molecular weight excluding hydrogens is 285 g/mol. The lowest BCUT2D eigenvalue weighted by Gasteiger charge is -2.07. The summed E-state index contributed by atoms with van der Waals surface area (Å²) in [5, 5.41) is 3.65. The Bertz CT molecular complexity index is 712. The fourth-order valence-electron chi connectivity index (χ4n) is 1.63. The number of nitrogens with zero attached hydrogens (tertiary/aromatic N) is 1. The summed E-state index contributed by atoms with van der Waals surface area (Å²) < 4.78 is 44.8. The van der Waals surface area contributed by atoms with Crippen molar-refractivity contribution in [2.24, 2.45) is 5.73 Å². The Morgan fingerprint density at radius 3 is 2.75 bits per heavy atom.